The minimum Gasteiger partial charge on any atom is -0.369 e. The van der Waals surface area contributed by atoms with Gasteiger partial charge >= 0.3 is 0 Å². The molecule has 2 rings (SSSR count). The molecule has 1 saturated carbocycles. The average Bonchev–Trinajstić information content (AvgIpc) is 3.00. The van der Waals surface area contributed by atoms with Gasteiger partial charge in [-0.15, -0.1) is 0 Å². The van der Waals surface area contributed by atoms with E-state index in [2.05, 4.69) is 0 Å². The van der Waals surface area contributed by atoms with E-state index in [0.29, 0.717) is 0 Å². The zero-order valence-corrected chi connectivity index (χ0v) is 8.42. The van der Waals surface area contributed by atoms with Crippen LogP contribution in [0.1, 0.15) is 11.5 Å². The first-order chi connectivity index (χ1) is 7.67. The lowest BCUT2D eigenvalue weighted by molar-refractivity contribution is -0.119. The standard InChI is InChI=1S/C12H9N3O/c13-6-12(7-14)9(10(12)11(15)16)8-4-2-1-3-5-8/h1-5,9-10H,(H2,15,16)/t9-,10-/m0/s1. The smallest absolute Gasteiger partial charge is 0.223 e. The first-order valence-electron chi connectivity index (χ1n) is 4.84. The molecule has 4 heteroatoms. The van der Waals surface area contributed by atoms with Crippen molar-refractivity contribution in [3.05, 3.63) is 35.9 Å². The Labute approximate surface area is 92.9 Å². The van der Waals surface area contributed by atoms with Crippen molar-refractivity contribution in [1.29, 1.82) is 10.5 Å². The molecule has 0 unspecified atom stereocenters. The Balaban J connectivity index is 2.43. The van der Waals surface area contributed by atoms with Gasteiger partial charge in [0.05, 0.1) is 18.1 Å². The number of hydrogen-bond donors (Lipinski definition) is 1. The first kappa shape index (κ1) is 10.2. The van der Waals surface area contributed by atoms with E-state index in [1.807, 2.05) is 30.3 Å². The number of nitrogens with zero attached hydrogens (tertiary/aromatic N) is 2. The van der Waals surface area contributed by atoms with Gasteiger partial charge in [-0.25, -0.2) is 0 Å². The number of primary amides is 1. The van der Waals surface area contributed by atoms with Crippen LogP contribution in [0.4, 0.5) is 0 Å². The molecule has 78 valence electrons. The van der Waals surface area contributed by atoms with E-state index < -0.39 is 17.2 Å². The second kappa shape index (κ2) is 3.36. The average molecular weight is 211 g/mol. The molecule has 1 fully saturated rings. The quantitative estimate of drug-likeness (QED) is 0.788. The maximum Gasteiger partial charge on any atom is 0.223 e. The number of benzene rings is 1. The summed E-state index contributed by atoms with van der Waals surface area (Å²) in [6, 6.07) is 12.9. The number of carbonyl (C=O) groups excluding carboxylic acids is 1. The summed E-state index contributed by atoms with van der Waals surface area (Å²) in [5.74, 6) is -1.66. The molecule has 4 nitrogen and oxygen atoms in total. The van der Waals surface area contributed by atoms with Gasteiger partial charge in [0.25, 0.3) is 0 Å². The molecule has 0 radical (unpaired) electrons. The number of hydrogen-bond acceptors (Lipinski definition) is 3. The molecule has 0 saturated heterocycles. The molecule has 16 heavy (non-hydrogen) atoms. The lowest BCUT2D eigenvalue weighted by Gasteiger charge is -1.97. The number of rotatable bonds is 2. The third-order valence-electron chi connectivity index (χ3n) is 3.04. The van der Waals surface area contributed by atoms with Gasteiger partial charge in [-0.2, -0.15) is 10.5 Å². The Morgan fingerprint density at radius 3 is 2.19 bits per heavy atom. The predicted octanol–water partition coefficient (Wildman–Crippen LogP) is 0.919. The summed E-state index contributed by atoms with van der Waals surface area (Å²) >= 11 is 0. The largest absolute Gasteiger partial charge is 0.369 e. The highest BCUT2D eigenvalue weighted by molar-refractivity contribution is 5.85. The van der Waals surface area contributed by atoms with Gasteiger partial charge in [0.1, 0.15) is 0 Å². The zero-order chi connectivity index (χ0) is 11.8. The molecule has 1 aliphatic rings. The SMILES string of the molecule is N#CC1(C#N)[C@H](C(N)=O)[C@@H]1c1ccccc1. The van der Waals surface area contributed by atoms with Crippen LogP contribution < -0.4 is 5.73 Å². The molecule has 2 N–H and O–H groups in total. The first-order valence-corrected chi connectivity index (χ1v) is 4.84. The molecule has 0 aromatic heterocycles. The highest BCUT2D eigenvalue weighted by Crippen LogP contribution is 2.63. The maximum absolute atomic E-state index is 11.2. The fraction of sp³-hybridized carbons (Fsp3) is 0.250. The van der Waals surface area contributed by atoms with Gasteiger partial charge in [-0.05, 0) is 5.56 Å². The van der Waals surface area contributed by atoms with Crippen LogP contribution in [0.5, 0.6) is 0 Å². The van der Waals surface area contributed by atoms with E-state index in [9.17, 15) is 4.79 Å². The van der Waals surface area contributed by atoms with Crippen molar-refractivity contribution in [2.45, 2.75) is 5.92 Å². The summed E-state index contributed by atoms with van der Waals surface area (Å²) in [7, 11) is 0. The fourth-order valence-corrected chi connectivity index (χ4v) is 2.20. The predicted molar refractivity (Wildman–Crippen MR) is 55.5 cm³/mol. The van der Waals surface area contributed by atoms with Crippen molar-refractivity contribution in [2.75, 3.05) is 0 Å². The lowest BCUT2D eigenvalue weighted by atomic mass is 10.0. The summed E-state index contributed by atoms with van der Waals surface area (Å²) in [6.45, 7) is 0. The summed E-state index contributed by atoms with van der Waals surface area (Å²) in [4.78, 5) is 11.2. The lowest BCUT2D eigenvalue weighted by Crippen LogP contribution is -2.17. The molecule has 0 aliphatic heterocycles. The van der Waals surface area contributed by atoms with Crippen LogP contribution in [-0.2, 0) is 4.79 Å². The Bertz CT molecular complexity index is 495. The van der Waals surface area contributed by atoms with Crippen molar-refractivity contribution in [3.8, 4) is 12.1 Å². The number of amides is 1. The summed E-state index contributed by atoms with van der Waals surface area (Å²) in [5.41, 5.74) is 4.75. The molecule has 1 amide bonds. The van der Waals surface area contributed by atoms with Crippen LogP contribution in [0.15, 0.2) is 30.3 Å². The molecule has 0 spiro atoms. The second-order valence-electron chi connectivity index (χ2n) is 3.86. The van der Waals surface area contributed by atoms with Crippen molar-refractivity contribution in [3.63, 3.8) is 0 Å². The van der Waals surface area contributed by atoms with Gasteiger partial charge in [0.2, 0.25) is 5.91 Å². The monoisotopic (exact) mass is 211 g/mol. The van der Waals surface area contributed by atoms with Crippen molar-refractivity contribution in [1.82, 2.24) is 0 Å². The fourth-order valence-electron chi connectivity index (χ4n) is 2.20. The van der Waals surface area contributed by atoms with Crippen LogP contribution in [0.2, 0.25) is 0 Å². The van der Waals surface area contributed by atoms with E-state index in [4.69, 9.17) is 16.3 Å². The molecule has 0 heterocycles. The zero-order valence-electron chi connectivity index (χ0n) is 8.42. The summed E-state index contributed by atoms with van der Waals surface area (Å²) < 4.78 is 0. The number of carbonyl (C=O) groups is 1. The van der Waals surface area contributed by atoms with Crippen molar-refractivity contribution < 1.29 is 4.79 Å². The minimum atomic E-state index is -1.27. The van der Waals surface area contributed by atoms with Gasteiger partial charge in [-0.1, -0.05) is 30.3 Å². The van der Waals surface area contributed by atoms with E-state index in [-0.39, 0.29) is 5.92 Å². The molecular formula is C12H9N3O. The number of nitriles is 2. The van der Waals surface area contributed by atoms with Crippen LogP contribution >= 0.6 is 0 Å². The van der Waals surface area contributed by atoms with Gasteiger partial charge in [0.15, 0.2) is 5.41 Å². The Morgan fingerprint density at radius 1 is 1.25 bits per heavy atom. The molecule has 1 aliphatic carbocycles. The van der Waals surface area contributed by atoms with Gasteiger partial charge < -0.3 is 5.73 Å². The topological polar surface area (TPSA) is 90.7 Å². The highest BCUT2D eigenvalue weighted by Gasteiger charge is 2.70. The van der Waals surface area contributed by atoms with E-state index in [0.717, 1.165) is 5.56 Å². The molecule has 1 aromatic carbocycles. The summed E-state index contributed by atoms with van der Waals surface area (Å²) in [6.07, 6.45) is 0. The third kappa shape index (κ3) is 1.17. The summed E-state index contributed by atoms with van der Waals surface area (Å²) in [5, 5.41) is 18.1. The van der Waals surface area contributed by atoms with Crippen LogP contribution in [0.25, 0.3) is 0 Å². The van der Waals surface area contributed by atoms with Gasteiger partial charge in [-0.3, -0.25) is 4.79 Å². The van der Waals surface area contributed by atoms with Crippen molar-refractivity contribution >= 4 is 5.91 Å². The van der Waals surface area contributed by atoms with E-state index >= 15 is 0 Å². The van der Waals surface area contributed by atoms with Crippen LogP contribution in [0, 0.1) is 34.0 Å². The normalized spacial score (nSPS) is 25.1. The molecule has 1 aromatic rings. The maximum atomic E-state index is 11.2. The van der Waals surface area contributed by atoms with Gasteiger partial charge in [0, 0.05) is 5.92 Å². The Kier molecular flexibility index (Phi) is 2.14. The number of nitrogens with two attached hydrogens (primary N) is 1. The molecule has 0 bridgehead atoms. The van der Waals surface area contributed by atoms with E-state index in [1.54, 1.807) is 12.1 Å². The Hall–Kier alpha value is -2.33. The van der Waals surface area contributed by atoms with Crippen LogP contribution in [-0.4, -0.2) is 5.91 Å². The van der Waals surface area contributed by atoms with Crippen molar-refractivity contribution in [2.24, 2.45) is 17.1 Å². The third-order valence-corrected chi connectivity index (χ3v) is 3.04. The molecular weight excluding hydrogens is 202 g/mol. The highest BCUT2D eigenvalue weighted by atomic mass is 16.1. The van der Waals surface area contributed by atoms with Crippen LogP contribution in [0.3, 0.4) is 0 Å². The Morgan fingerprint density at radius 2 is 1.81 bits per heavy atom. The minimum absolute atomic E-state index is 0.388. The molecule has 2 atom stereocenters. The second-order valence-corrected chi connectivity index (χ2v) is 3.86. The van der Waals surface area contributed by atoms with E-state index in [1.165, 1.54) is 0 Å².